The molecule has 0 fully saturated rings. The highest BCUT2D eigenvalue weighted by Crippen LogP contribution is 2.22. The Labute approximate surface area is 73.6 Å². The fraction of sp³-hybridized carbons (Fsp3) is 0. The van der Waals surface area contributed by atoms with Crippen LogP contribution in [0.5, 0.6) is 0 Å². The van der Waals surface area contributed by atoms with Gasteiger partial charge in [-0.05, 0) is 24.1 Å². The largest absolute Gasteiger partial charge is 0.144 e. The van der Waals surface area contributed by atoms with Gasteiger partial charge in [-0.1, -0.05) is 6.07 Å². The Hall–Kier alpha value is -1.33. The monoisotopic (exact) mass is 175 g/mol. The molecule has 0 saturated heterocycles. The van der Waals surface area contributed by atoms with E-state index in [9.17, 15) is 4.39 Å². The normalized spacial score (nSPS) is 9.42. The van der Waals surface area contributed by atoms with Crippen molar-refractivity contribution in [3.05, 3.63) is 35.2 Å². The average Bonchev–Trinajstić information content (AvgIpc) is 2.53. The van der Waals surface area contributed by atoms with Crippen LogP contribution >= 0.6 is 11.3 Å². The third kappa shape index (κ3) is 1.09. The Morgan fingerprint density at radius 1 is 1.42 bits per heavy atom. The highest BCUT2D eigenvalue weighted by atomic mass is 32.1. The summed E-state index contributed by atoms with van der Waals surface area (Å²) in [7, 11) is 0. The number of halogens is 1. The molecule has 2 rings (SSSR count). The summed E-state index contributed by atoms with van der Waals surface area (Å²) in [6.45, 7) is 0. The van der Waals surface area contributed by atoms with Gasteiger partial charge in [-0.15, -0.1) is 15.7 Å². The van der Waals surface area contributed by atoms with Gasteiger partial charge in [0.2, 0.25) is 0 Å². The van der Waals surface area contributed by atoms with Crippen molar-refractivity contribution in [1.29, 1.82) is 0 Å². The molecule has 0 atom stereocenters. The molecule has 0 N–H and O–H groups in total. The molecular formula is C10H4FS. The second-order valence-corrected chi connectivity index (χ2v) is 3.18. The van der Waals surface area contributed by atoms with Crippen LogP contribution in [0.25, 0.3) is 10.1 Å². The molecule has 0 unspecified atom stereocenters. The van der Waals surface area contributed by atoms with Gasteiger partial charge in [-0.3, -0.25) is 0 Å². The summed E-state index contributed by atoms with van der Waals surface area (Å²) in [4.78, 5) is 0. The minimum atomic E-state index is 0.729. The predicted octanol–water partition coefficient (Wildman–Crippen LogP) is 2.98. The van der Waals surface area contributed by atoms with Crippen LogP contribution in [0, 0.1) is 17.5 Å². The molecule has 2 heteroatoms. The average molecular weight is 175 g/mol. The van der Waals surface area contributed by atoms with Gasteiger partial charge >= 0.3 is 0 Å². The Bertz CT molecular complexity index is 459. The molecule has 0 amide bonds. The minimum absolute atomic E-state index is 0.729. The van der Waals surface area contributed by atoms with E-state index in [-0.39, 0.29) is 0 Å². The van der Waals surface area contributed by atoms with Crippen molar-refractivity contribution in [3.63, 3.8) is 0 Å². The summed E-state index contributed by atoms with van der Waals surface area (Å²) >= 11 is 1.51. The fourth-order valence-electron chi connectivity index (χ4n) is 1.09. The molecule has 0 aliphatic heterocycles. The summed E-state index contributed by atoms with van der Waals surface area (Å²) in [6.07, 6.45) is 1.41. The minimum Gasteiger partial charge on any atom is -0.144 e. The molecule has 0 saturated carbocycles. The van der Waals surface area contributed by atoms with Crippen LogP contribution in [0.3, 0.4) is 0 Å². The number of rotatable bonds is 0. The zero-order valence-corrected chi connectivity index (χ0v) is 6.91. The third-order valence-corrected chi connectivity index (χ3v) is 2.43. The van der Waals surface area contributed by atoms with E-state index in [0.717, 1.165) is 15.6 Å². The molecule has 1 aromatic heterocycles. The number of hydrogen-bond acceptors (Lipinski definition) is 1. The number of benzene rings is 1. The first-order valence-corrected chi connectivity index (χ1v) is 4.24. The number of thiophene rings is 1. The molecule has 0 bridgehead atoms. The molecule has 2 aromatic rings. The van der Waals surface area contributed by atoms with Crippen LogP contribution in [0.2, 0.25) is 0 Å². The molecule has 0 nitrogen and oxygen atoms in total. The maximum Gasteiger partial charge on any atom is 0.111 e. The highest BCUT2D eigenvalue weighted by Gasteiger charge is 1.97. The maximum atomic E-state index is 11.7. The Morgan fingerprint density at radius 2 is 2.33 bits per heavy atom. The zero-order valence-electron chi connectivity index (χ0n) is 6.10. The quantitative estimate of drug-likeness (QED) is 0.540. The van der Waals surface area contributed by atoms with Crippen LogP contribution in [0.4, 0.5) is 4.39 Å². The lowest BCUT2D eigenvalue weighted by Gasteiger charge is -1.91. The van der Waals surface area contributed by atoms with Crippen molar-refractivity contribution >= 4 is 21.4 Å². The van der Waals surface area contributed by atoms with Crippen LogP contribution in [0.1, 0.15) is 5.56 Å². The van der Waals surface area contributed by atoms with Crippen LogP contribution in [-0.4, -0.2) is 0 Å². The predicted molar refractivity (Wildman–Crippen MR) is 48.6 cm³/mol. The SMILES string of the molecule is FC#Cc1cccc2s[c]cc12. The molecule has 1 heterocycles. The second kappa shape index (κ2) is 2.96. The van der Waals surface area contributed by atoms with E-state index in [2.05, 4.69) is 11.3 Å². The first-order chi connectivity index (χ1) is 5.92. The lowest BCUT2D eigenvalue weighted by Crippen LogP contribution is -1.72. The van der Waals surface area contributed by atoms with E-state index in [1.54, 1.807) is 6.07 Å². The molecule has 1 radical (unpaired) electrons. The van der Waals surface area contributed by atoms with Crippen molar-refractivity contribution < 1.29 is 4.39 Å². The number of fused-ring (bicyclic) bond motifs is 1. The first-order valence-electron chi connectivity index (χ1n) is 3.42. The van der Waals surface area contributed by atoms with Gasteiger partial charge in [-0.25, -0.2) is 0 Å². The summed E-state index contributed by atoms with van der Waals surface area (Å²) in [5.74, 6) is 2.41. The second-order valence-electron chi connectivity index (χ2n) is 2.30. The Kier molecular flexibility index (Phi) is 1.81. The standard InChI is InChI=1S/C10H4FS/c11-6-4-8-2-1-3-10-9(8)5-7-12-10/h1-3,5H. The maximum absolute atomic E-state index is 11.7. The van der Waals surface area contributed by atoms with Crippen LogP contribution in [0.15, 0.2) is 24.3 Å². The van der Waals surface area contributed by atoms with Crippen LogP contribution in [-0.2, 0) is 0 Å². The van der Waals surface area contributed by atoms with Gasteiger partial charge in [0.15, 0.2) is 0 Å². The smallest absolute Gasteiger partial charge is 0.111 e. The van der Waals surface area contributed by atoms with E-state index in [4.69, 9.17) is 0 Å². The molecule has 12 heavy (non-hydrogen) atoms. The van der Waals surface area contributed by atoms with Gasteiger partial charge in [0, 0.05) is 21.0 Å². The summed E-state index contributed by atoms with van der Waals surface area (Å²) in [6, 6.07) is 7.47. The van der Waals surface area contributed by atoms with Crippen molar-refractivity contribution in [2.75, 3.05) is 0 Å². The van der Waals surface area contributed by atoms with Gasteiger partial charge in [-0.2, -0.15) is 0 Å². The van der Waals surface area contributed by atoms with Crippen LogP contribution < -0.4 is 0 Å². The number of hydrogen-bond donors (Lipinski definition) is 0. The van der Waals surface area contributed by atoms with Crippen molar-refractivity contribution in [1.82, 2.24) is 0 Å². The van der Waals surface area contributed by atoms with Gasteiger partial charge < -0.3 is 0 Å². The van der Waals surface area contributed by atoms with Gasteiger partial charge in [0.05, 0.1) is 0 Å². The van der Waals surface area contributed by atoms with Crippen molar-refractivity contribution in [3.8, 4) is 12.1 Å². The fourth-order valence-corrected chi connectivity index (χ4v) is 1.82. The van der Waals surface area contributed by atoms with Gasteiger partial charge in [0.25, 0.3) is 0 Å². The Morgan fingerprint density at radius 3 is 3.17 bits per heavy atom. The molecular weight excluding hydrogens is 171 g/mol. The summed E-state index contributed by atoms with van der Waals surface area (Å²) < 4.78 is 12.8. The lowest BCUT2D eigenvalue weighted by atomic mass is 10.1. The van der Waals surface area contributed by atoms with E-state index in [0.29, 0.717) is 0 Å². The third-order valence-electron chi connectivity index (χ3n) is 1.62. The molecule has 0 aliphatic carbocycles. The molecule has 0 aliphatic rings. The summed E-state index contributed by atoms with van der Waals surface area (Å²) in [5, 5.41) is 3.97. The summed E-state index contributed by atoms with van der Waals surface area (Å²) in [5.41, 5.74) is 0.729. The first kappa shape index (κ1) is 7.33. The topological polar surface area (TPSA) is 0 Å². The van der Waals surface area contributed by atoms with Crippen molar-refractivity contribution in [2.45, 2.75) is 0 Å². The van der Waals surface area contributed by atoms with Crippen molar-refractivity contribution in [2.24, 2.45) is 0 Å². The Balaban J connectivity index is 2.79. The zero-order chi connectivity index (χ0) is 8.39. The van der Waals surface area contributed by atoms with E-state index >= 15 is 0 Å². The molecule has 1 aromatic carbocycles. The van der Waals surface area contributed by atoms with E-state index in [1.165, 1.54) is 17.5 Å². The molecule has 57 valence electrons. The van der Waals surface area contributed by atoms with Gasteiger partial charge in [0.1, 0.15) is 6.17 Å². The van der Waals surface area contributed by atoms with E-state index < -0.39 is 0 Å². The molecule has 0 spiro atoms. The lowest BCUT2D eigenvalue weighted by molar-refractivity contribution is 0.774. The highest BCUT2D eigenvalue weighted by molar-refractivity contribution is 7.16. The van der Waals surface area contributed by atoms with E-state index in [1.807, 2.05) is 18.2 Å².